The fourth-order valence-electron chi connectivity index (χ4n) is 5.83. The Morgan fingerprint density at radius 3 is 2.59 bits per heavy atom. The lowest BCUT2D eigenvalue weighted by Gasteiger charge is -2.36. The molecule has 3 aromatic rings. The number of anilines is 1. The van der Waals surface area contributed by atoms with E-state index in [1.165, 1.54) is 26.0 Å². The number of aromatic nitrogens is 3. The van der Waals surface area contributed by atoms with Gasteiger partial charge in [0.2, 0.25) is 0 Å². The molecule has 3 heterocycles. The third-order valence-electron chi connectivity index (χ3n) is 8.03. The molecule has 2 fully saturated rings. The molecule has 2 aromatic heterocycles. The summed E-state index contributed by atoms with van der Waals surface area (Å²) >= 11 is 0. The van der Waals surface area contributed by atoms with Gasteiger partial charge in [-0.1, -0.05) is 6.07 Å². The maximum atomic E-state index is 13.0. The number of halogens is 3. The van der Waals surface area contributed by atoms with E-state index < -0.39 is 17.8 Å². The van der Waals surface area contributed by atoms with Gasteiger partial charge in [-0.2, -0.15) is 18.3 Å². The van der Waals surface area contributed by atoms with E-state index in [1.54, 1.807) is 12.1 Å². The minimum atomic E-state index is -4.64. The first-order valence-corrected chi connectivity index (χ1v) is 13.5. The topological polar surface area (TPSA) is 84.3 Å². The largest absolute Gasteiger partial charge is 0.494 e. The van der Waals surface area contributed by atoms with Crippen LogP contribution in [0.15, 0.2) is 36.5 Å². The molecule has 0 radical (unpaired) electrons. The molecule has 8 nitrogen and oxygen atoms in total. The van der Waals surface area contributed by atoms with Crippen LogP contribution in [-0.4, -0.2) is 65.4 Å². The molecule has 1 aliphatic carbocycles. The van der Waals surface area contributed by atoms with Gasteiger partial charge in [-0.05, 0) is 82.8 Å². The molecule has 1 saturated heterocycles. The normalized spacial score (nSPS) is 20.9. The Bertz CT molecular complexity index is 1300. The molecule has 1 saturated carbocycles. The number of nitrogens with one attached hydrogen (secondary N) is 2. The number of fused-ring (bicyclic) bond motifs is 1. The number of benzene rings is 1. The highest BCUT2D eigenvalue weighted by Crippen LogP contribution is 2.36. The van der Waals surface area contributed by atoms with Crippen LogP contribution in [0.1, 0.15) is 60.7 Å². The molecule has 11 heteroatoms. The summed E-state index contributed by atoms with van der Waals surface area (Å²) in [4.78, 5) is 18.8. The van der Waals surface area contributed by atoms with Crippen molar-refractivity contribution in [3.05, 3.63) is 47.9 Å². The van der Waals surface area contributed by atoms with Crippen molar-refractivity contribution in [1.82, 2.24) is 25.0 Å². The van der Waals surface area contributed by atoms with Crippen LogP contribution in [0.4, 0.5) is 18.9 Å². The molecule has 0 atom stereocenters. The first-order valence-electron chi connectivity index (χ1n) is 13.5. The molecule has 39 heavy (non-hydrogen) atoms. The Balaban J connectivity index is 1.25. The Hall–Kier alpha value is -3.18. The average Bonchev–Trinajstić information content (AvgIpc) is 3.36. The Labute approximate surface area is 225 Å². The van der Waals surface area contributed by atoms with Crippen LogP contribution in [0.5, 0.6) is 5.75 Å². The number of methoxy groups -OCH3 is 1. The highest BCUT2D eigenvalue weighted by molar-refractivity contribution is 6.05. The van der Waals surface area contributed by atoms with Crippen molar-refractivity contribution in [2.75, 3.05) is 39.1 Å². The number of piperidine rings is 1. The minimum absolute atomic E-state index is 0.302. The second-order valence-corrected chi connectivity index (χ2v) is 10.7. The summed E-state index contributed by atoms with van der Waals surface area (Å²) in [5, 5.41) is 11.7. The molecular weight excluding hydrogens is 509 g/mol. The smallest absolute Gasteiger partial charge is 0.433 e. The fraction of sp³-hybridized carbons (Fsp3) is 0.536. The second kappa shape index (κ2) is 11.5. The molecule has 0 spiro atoms. The van der Waals surface area contributed by atoms with Gasteiger partial charge in [0.15, 0.2) is 0 Å². The first kappa shape index (κ1) is 27.4. The number of alkyl halides is 3. The molecular formula is C28H35F3N6O2. The number of amides is 1. The predicted octanol–water partition coefficient (Wildman–Crippen LogP) is 5.13. The number of carbonyl (C=O) groups excluding carboxylic acids is 1. The molecule has 2 N–H and O–H groups in total. The zero-order chi connectivity index (χ0) is 27.6. The van der Waals surface area contributed by atoms with Crippen LogP contribution >= 0.6 is 0 Å². The van der Waals surface area contributed by atoms with Crippen LogP contribution < -0.4 is 15.4 Å². The minimum Gasteiger partial charge on any atom is -0.494 e. The van der Waals surface area contributed by atoms with Gasteiger partial charge in [-0.25, -0.2) is 4.98 Å². The maximum absolute atomic E-state index is 13.0. The Kier molecular flexibility index (Phi) is 8.08. The van der Waals surface area contributed by atoms with Crippen LogP contribution in [0.3, 0.4) is 0 Å². The summed E-state index contributed by atoms with van der Waals surface area (Å²) in [5.74, 6) is 0.314. The summed E-state index contributed by atoms with van der Waals surface area (Å²) in [5.41, 5.74) is -0.370. The molecule has 5 rings (SSSR count). The van der Waals surface area contributed by atoms with Crippen molar-refractivity contribution in [2.24, 2.45) is 5.92 Å². The van der Waals surface area contributed by atoms with Crippen LogP contribution in [0, 0.1) is 5.92 Å². The van der Waals surface area contributed by atoms with Gasteiger partial charge in [-0.15, -0.1) is 0 Å². The van der Waals surface area contributed by atoms with E-state index >= 15 is 0 Å². The highest BCUT2D eigenvalue weighted by atomic mass is 19.4. The predicted molar refractivity (Wildman–Crippen MR) is 143 cm³/mol. The standard InChI is InChI=1S/C28H35F3N6O2/c1-36(20-10-12-32-13-11-20)16-18-6-8-21(9-7-18)37-17-19-14-24(25(39-2)15-23(19)35-37)34-27(38)22-4-3-5-26(33-22)28(29,30)31/h3-5,14-15,17-18,20-21,32H,6-13,16H2,1-2H3,(H,34,38)/t18-,21-. The number of ether oxygens (including phenoxy) is 1. The highest BCUT2D eigenvalue weighted by Gasteiger charge is 2.33. The van der Waals surface area contributed by atoms with Crippen LogP contribution in [0.2, 0.25) is 0 Å². The van der Waals surface area contributed by atoms with E-state index in [0.717, 1.165) is 68.4 Å². The van der Waals surface area contributed by atoms with E-state index in [9.17, 15) is 18.0 Å². The number of nitrogens with zero attached hydrogens (tertiary/aromatic N) is 4. The van der Waals surface area contributed by atoms with E-state index in [-0.39, 0.29) is 5.69 Å². The number of rotatable bonds is 7. The second-order valence-electron chi connectivity index (χ2n) is 10.7. The van der Waals surface area contributed by atoms with Gasteiger partial charge in [0, 0.05) is 30.2 Å². The quantitative estimate of drug-likeness (QED) is 0.429. The molecule has 0 bridgehead atoms. The van der Waals surface area contributed by atoms with Crippen molar-refractivity contribution < 1.29 is 22.7 Å². The van der Waals surface area contributed by atoms with Gasteiger partial charge < -0.3 is 20.3 Å². The van der Waals surface area contributed by atoms with Gasteiger partial charge >= 0.3 is 6.18 Å². The van der Waals surface area contributed by atoms with Crippen LogP contribution in [-0.2, 0) is 6.18 Å². The Morgan fingerprint density at radius 1 is 1.15 bits per heavy atom. The number of hydrogen-bond donors (Lipinski definition) is 2. The lowest BCUT2D eigenvalue weighted by atomic mass is 9.85. The Morgan fingerprint density at radius 2 is 1.90 bits per heavy atom. The third kappa shape index (κ3) is 6.36. The summed E-state index contributed by atoms with van der Waals surface area (Å²) in [6, 6.07) is 7.69. The monoisotopic (exact) mass is 544 g/mol. The molecule has 1 amide bonds. The number of carbonyl (C=O) groups is 1. The van der Waals surface area contributed by atoms with E-state index in [2.05, 4.69) is 27.6 Å². The van der Waals surface area contributed by atoms with E-state index in [1.807, 2.05) is 10.9 Å². The van der Waals surface area contributed by atoms with Crippen LogP contribution in [0.25, 0.3) is 10.9 Å². The lowest BCUT2D eigenvalue weighted by molar-refractivity contribution is -0.141. The first-order chi connectivity index (χ1) is 18.7. The van der Waals surface area contributed by atoms with Crippen molar-refractivity contribution >= 4 is 22.5 Å². The SMILES string of the molecule is COc1cc2nn([C@H]3CC[C@H](CN(C)C4CCNCC4)CC3)cc2cc1NC(=O)c1cccc(C(F)(F)F)n1. The molecule has 210 valence electrons. The zero-order valence-corrected chi connectivity index (χ0v) is 22.3. The fourth-order valence-corrected chi connectivity index (χ4v) is 5.83. The van der Waals surface area contributed by atoms with Crippen molar-refractivity contribution in [1.29, 1.82) is 0 Å². The summed E-state index contributed by atoms with van der Waals surface area (Å²) < 4.78 is 46.6. The maximum Gasteiger partial charge on any atom is 0.433 e. The summed E-state index contributed by atoms with van der Waals surface area (Å²) in [6.45, 7) is 3.35. The van der Waals surface area contributed by atoms with E-state index in [0.29, 0.717) is 29.4 Å². The third-order valence-corrected chi connectivity index (χ3v) is 8.03. The van der Waals surface area contributed by atoms with E-state index in [4.69, 9.17) is 9.84 Å². The van der Waals surface area contributed by atoms with Crippen molar-refractivity contribution in [2.45, 2.75) is 56.8 Å². The van der Waals surface area contributed by atoms with Gasteiger partial charge in [0.1, 0.15) is 17.1 Å². The summed E-state index contributed by atoms with van der Waals surface area (Å²) in [7, 11) is 3.73. The lowest BCUT2D eigenvalue weighted by Crippen LogP contribution is -2.43. The molecule has 1 aromatic carbocycles. The average molecular weight is 545 g/mol. The molecule has 1 aliphatic heterocycles. The van der Waals surface area contributed by atoms with Crippen molar-refractivity contribution in [3.8, 4) is 5.75 Å². The molecule has 0 unspecified atom stereocenters. The number of pyridine rings is 1. The number of hydrogen-bond acceptors (Lipinski definition) is 6. The van der Waals surface area contributed by atoms with Crippen molar-refractivity contribution in [3.63, 3.8) is 0 Å². The summed E-state index contributed by atoms with van der Waals surface area (Å²) in [6.07, 6.45) is 4.20. The van der Waals surface area contributed by atoms with Gasteiger partial charge in [0.05, 0.1) is 24.4 Å². The van der Waals surface area contributed by atoms with Gasteiger partial charge in [-0.3, -0.25) is 9.48 Å². The molecule has 2 aliphatic rings. The van der Waals surface area contributed by atoms with Gasteiger partial charge in [0.25, 0.3) is 5.91 Å². The zero-order valence-electron chi connectivity index (χ0n) is 22.3.